The monoisotopic (exact) mass is 239 g/mol. The second-order valence-corrected chi connectivity index (χ2v) is 6.70. The van der Waals surface area contributed by atoms with Crippen molar-refractivity contribution in [2.45, 2.75) is 18.4 Å². The van der Waals surface area contributed by atoms with Crippen LogP contribution in [0.2, 0.25) is 0 Å². The second-order valence-electron chi connectivity index (χ2n) is 4.44. The molecular weight excluding hydrogens is 222 g/mol. The standard InChI is InChI=1S/C12H17NO2S/c1-16(14,15)8-7-13-12-9-11(12)10-5-3-2-4-6-10/h2-6,11-13H,7-9H2,1H3. The molecule has 3 nitrogen and oxygen atoms in total. The van der Waals surface area contributed by atoms with Gasteiger partial charge < -0.3 is 5.32 Å². The maximum atomic E-state index is 10.9. The molecule has 88 valence electrons. The van der Waals surface area contributed by atoms with Gasteiger partial charge in [0.2, 0.25) is 0 Å². The molecule has 1 fully saturated rings. The highest BCUT2D eigenvalue weighted by atomic mass is 32.2. The molecule has 1 aromatic carbocycles. The Labute approximate surface area is 96.8 Å². The van der Waals surface area contributed by atoms with Crippen molar-refractivity contribution in [3.05, 3.63) is 35.9 Å². The maximum absolute atomic E-state index is 10.9. The third-order valence-corrected chi connectivity index (χ3v) is 3.84. The lowest BCUT2D eigenvalue weighted by molar-refractivity contribution is 0.595. The fraction of sp³-hybridized carbons (Fsp3) is 0.500. The predicted octanol–water partition coefficient (Wildman–Crippen LogP) is 1.18. The molecule has 0 bridgehead atoms. The minimum absolute atomic E-state index is 0.227. The summed E-state index contributed by atoms with van der Waals surface area (Å²) >= 11 is 0. The second kappa shape index (κ2) is 4.55. The van der Waals surface area contributed by atoms with E-state index >= 15 is 0 Å². The van der Waals surface area contributed by atoms with E-state index in [2.05, 4.69) is 17.4 Å². The molecule has 2 unspecified atom stereocenters. The van der Waals surface area contributed by atoms with Crippen LogP contribution in [0.15, 0.2) is 30.3 Å². The first-order valence-corrected chi connectivity index (χ1v) is 7.58. The van der Waals surface area contributed by atoms with E-state index in [4.69, 9.17) is 0 Å². The Bertz CT molecular complexity index is 441. The fourth-order valence-corrected chi connectivity index (χ4v) is 2.41. The number of hydrogen-bond acceptors (Lipinski definition) is 3. The molecule has 16 heavy (non-hydrogen) atoms. The fourth-order valence-electron chi connectivity index (χ4n) is 1.92. The third kappa shape index (κ3) is 3.32. The van der Waals surface area contributed by atoms with Gasteiger partial charge in [0.15, 0.2) is 0 Å². The SMILES string of the molecule is CS(=O)(=O)CCNC1CC1c1ccccc1. The lowest BCUT2D eigenvalue weighted by Crippen LogP contribution is -2.25. The minimum atomic E-state index is -2.84. The van der Waals surface area contributed by atoms with Crippen LogP contribution in [0.4, 0.5) is 0 Å². The van der Waals surface area contributed by atoms with Gasteiger partial charge in [-0.25, -0.2) is 8.42 Å². The maximum Gasteiger partial charge on any atom is 0.148 e. The normalized spacial score (nSPS) is 24.3. The number of sulfone groups is 1. The topological polar surface area (TPSA) is 46.2 Å². The molecule has 1 aromatic rings. The van der Waals surface area contributed by atoms with E-state index in [1.165, 1.54) is 11.8 Å². The van der Waals surface area contributed by atoms with Gasteiger partial charge in [0.05, 0.1) is 5.75 Å². The molecule has 1 aliphatic carbocycles. The average molecular weight is 239 g/mol. The van der Waals surface area contributed by atoms with Crippen LogP contribution in [-0.4, -0.2) is 33.0 Å². The Morgan fingerprint density at radius 3 is 2.62 bits per heavy atom. The average Bonchev–Trinajstić information content (AvgIpc) is 2.97. The molecule has 0 heterocycles. The molecule has 1 aliphatic rings. The summed E-state index contributed by atoms with van der Waals surface area (Å²) in [5.41, 5.74) is 1.35. The van der Waals surface area contributed by atoms with E-state index in [9.17, 15) is 8.42 Å². The van der Waals surface area contributed by atoms with Crippen LogP contribution >= 0.6 is 0 Å². The molecule has 0 radical (unpaired) electrons. The molecule has 0 spiro atoms. The molecule has 4 heteroatoms. The first kappa shape index (κ1) is 11.6. The largest absolute Gasteiger partial charge is 0.312 e. The van der Waals surface area contributed by atoms with Crippen molar-refractivity contribution in [3.63, 3.8) is 0 Å². The Morgan fingerprint density at radius 2 is 2.00 bits per heavy atom. The first-order valence-electron chi connectivity index (χ1n) is 5.52. The van der Waals surface area contributed by atoms with Gasteiger partial charge in [-0.15, -0.1) is 0 Å². The summed E-state index contributed by atoms with van der Waals surface area (Å²) in [4.78, 5) is 0. The first-order chi connectivity index (χ1) is 7.56. The predicted molar refractivity (Wildman–Crippen MR) is 65.3 cm³/mol. The van der Waals surface area contributed by atoms with Crippen molar-refractivity contribution in [2.75, 3.05) is 18.6 Å². The summed E-state index contributed by atoms with van der Waals surface area (Å²) < 4.78 is 21.9. The number of benzene rings is 1. The summed E-state index contributed by atoms with van der Waals surface area (Å²) in [5.74, 6) is 0.797. The summed E-state index contributed by atoms with van der Waals surface area (Å²) in [6, 6.07) is 10.8. The van der Waals surface area contributed by atoms with Crippen molar-refractivity contribution >= 4 is 9.84 Å². The highest BCUT2D eigenvalue weighted by Crippen LogP contribution is 2.40. The van der Waals surface area contributed by atoms with Crippen LogP contribution < -0.4 is 5.32 Å². The lowest BCUT2D eigenvalue weighted by atomic mass is 10.1. The van der Waals surface area contributed by atoms with Crippen LogP contribution in [-0.2, 0) is 9.84 Å². The van der Waals surface area contributed by atoms with E-state index < -0.39 is 9.84 Å². The summed E-state index contributed by atoms with van der Waals surface area (Å²) in [5, 5.41) is 3.28. The molecule has 0 aliphatic heterocycles. The molecule has 0 saturated heterocycles. The summed E-state index contributed by atoms with van der Waals surface area (Å²) in [6.07, 6.45) is 2.39. The van der Waals surface area contributed by atoms with Gasteiger partial charge in [-0.3, -0.25) is 0 Å². The van der Waals surface area contributed by atoms with Crippen molar-refractivity contribution in [2.24, 2.45) is 0 Å². The van der Waals surface area contributed by atoms with Crippen molar-refractivity contribution in [1.29, 1.82) is 0 Å². The van der Waals surface area contributed by atoms with Crippen LogP contribution in [0.1, 0.15) is 17.9 Å². The third-order valence-electron chi connectivity index (χ3n) is 2.90. The number of rotatable bonds is 5. The van der Waals surface area contributed by atoms with E-state index in [-0.39, 0.29) is 5.75 Å². The van der Waals surface area contributed by atoms with Crippen LogP contribution in [0.3, 0.4) is 0 Å². The molecule has 0 amide bonds. The Hall–Kier alpha value is -0.870. The quantitative estimate of drug-likeness (QED) is 0.839. The zero-order chi connectivity index (χ0) is 11.6. The molecule has 2 atom stereocenters. The summed E-state index contributed by atoms with van der Waals surface area (Å²) in [7, 11) is -2.84. The van der Waals surface area contributed by atoms with Gasteiger partial charge in [-0.1, -0.05) is 30.3 Å². The zero-order valence-electron chi connectivity index (χ0n) is 9.39. The van der Waals surface area contributed by atoms with E-state index in [1.54, 1.807) is 0 Å². The van der Waals surface area contributed by atoms with Gasteiger partial charge in [-0.05, 0) is 12.0 Å². The highest BCUT2D eigenvalue weighted by molar-refractivity contribution is 7.90. The van der Waals surface area contributed by atoms with E-state index in [0.29, 0.717) is 18.5 Å². The smallest absolute Gasteiger partial charge is 0.148 e. The van der Waals surface area contributed by atoms with Gasteiger partial charge in [0.1, 0.15) is 9.84 Å². The highest BCUT2D eigenvalue weighted by Gasteiger charge is 2.37. The molecular formula is C12H17NO2S. The lowest BCUT2D eigenvalue weighted by Gasteiger charge is -2.03. The van der Waals surface area contributed by atoms with E-state index in [1.807, 2.05) is 18.2 Å². The molecule has 2 rings (SSSR count). The van der Waals surface area contributed by atoms with Gasteiger partial charge >= 0.3 is 0 Å². The van der Waals surface area contributed by atoms with Gasteiger partial charge in [0, 0.05) is 24.8 Å². The zero-order valence-corrected chi connectivity index (χ0v) is 10.2. The Morgan fingerprint density at radius 1 is 1.31 bits per heavy atom. The number of hydrogen-bond donors (Lipinski definition) is 1. The van der Waals surface area contributed by atoms with Crippen LogP contribution in [0, 0.1) is 0 Å². The van der Waals surface area contributed by atoms with Crippen molar-refractivity contribution in [3.8, 4) is 0 Å². The van der Waals surface area contributed by atoms with E-state index in [0.717, 1.165) is 6.42 Å². The Balaban J connectivity index is 1.76. The van der Waals surface area contributed by atoms with Crippen molar-refractivity contribution < 1.29 is 8.42 Å². The molecule has 0 aromatic heterocycles. The minimum Gasteiger partial charge on any atom is -0.312 e. The van der Waals surface area contributed by atoms with Gasteiger partial charge in [-0.2, -0.15) is 0 Å². The summed E-state index contributed by atoms with van der Waals surface area (Å²) in [6.45, 7) is 0.562. The Kier molecular flexibility index (Phi) is 3.30. The van der Waals surface area contributed by atoms with Crippen molar-refractivity contribution in [1.82, 2.24) is 5.32 Å². The number of nitrogens with one attached hydrogen (secondary N) is 1. The molecule has 1 N–H and O–H groups in total. The van der Waals surface area contributed by atoms with Crippen LogP contribution in [0.25, 0.3) is 0 Å². The molecule has 1 saturated carbocycles. The van der Waals surface area contributed by atoms with Gasteiger partial charge in [0.25, 0.3) is 0 Å². The van der Waals surface area contributed by atoms with Crippen LogP contribution in [0.5, 0.6) is 0 Å².